The van der Waals surface area contributed by atoms with Crippen LogP contribution in [0.25, 0.3) is 0 Å². The zero-order valence-corrected chi connectivity index (χ0v) is 5.14. The Balaban J connectivity index is 3.27. The van der Waals surface area contributed by atoms with E-state index in [1.54, 1.807) is 0 Å². The molecule has 0 radical (unpaired) electrons. The standard InChI is InChI=1S/C4H3BrN2/c5-4(3-7)1-2-6/h4H,1H2. The summed E-state index contributed by atoms with van der Waals surface area (Å²) in [5.74, 6) is 0. The Morgan fingerprint density at radius 1 is 1.57 bits per heavy atom. The highest BCUT2D eigenvalue weighted by atomic mass is 79.9. The molecule has 0 aliphatic carbocycles. The SMILES string of the molecule is N#CCC(Br)C#N. The van der Waals surface area contributed by atoms with Crippen molar-refractivity contribution in [2.24, 2.45) is 0 Å². The molecule has 0 rings (SSSR count). The summed E-state index contributed by atoms with van der Waals surface area (Å²) in [6.07, 6.45) is 0.260. The maximum Gasteiger partial charge on any atom is 0.114 e. The molecule has 2 nitrogen and oxygen atoms in total. The fourth-order valence-electron chi connectivity index (χ4n) is 0.126. The van der Waals surface area contributed by atoms with Crippen LogP contribution in [0.2, 0.25) is 0 Å². The largest absolute Gasteiger partial charge is 0.198 e. The van der Waals surface area contributed by atoms with E-state index in [1.165, 1.54) is 0 Å². The first kappa shape index (κ1) is 6.46. The molecule has 3 heteroatoms. The van der Waals surface area contributed by atoms with Crippen molar-refractivity contribution in [3.8, 4) is 12.1 Å². The van der Waals surface area contributed by atoms with Gasteiger partial charge in [-0.2, -0.15) is 10.5 Å². The van der Waals surface area contributed by atoms with Crippen LogP contribution in [0.4, 0.5) is 0 Å². The third-order valence-corrected chi connectivity index (χ3v) is 0.939. The van der Waals surface area contributed by atoms with E-state index in [0.29, 0.717) is 0 Å². The van der Waals surface area contributed by atoms with Gasteiger partial charge < -0.3 is 0 Å². The predicted molar refractivity (Wildman–Crippen MR) is 28.6 cm³/mol. The monoisotopic (exact) mass is 158 g/mol. The van der Waals surface area contributed by atoms with Crippen LogP contribution in [0, 0.1) is 22.7 Å². The second-order valence-electron chi connectivity index (χ2n) is 0.959. The van der Waals surface area contributed by atoms with Gasteiger partial charge >= 0.3 is 0 Å². The summed E-state index contributed by atoms with van der Waals surface area (Å²) in [4.78, 5) is -0.294. The molecular weight excluding hydrogens is 156 g/mol. The van der Waals surface area contributed by atoms with Crippen molar-refractivity contribution in [2.75, 3.05) is 0 Å². The third kappa shape index (κ3) is 3.29. The van der Waals surface area contributed by atoms with Crippen molar-refractivity contribution in [1.29, 1.82) is 10.5 Å². The lowest BCUT2D eigenvalue weighted by Crippen LogP contribution is -1.87. The lowest BCUT2D eigenvalue weighted by molar-refractivity contribution is 1.11. The molecule has 36 valence electrons. The van der Waals surface area contributed by atoms with Gasteiger partial charge in [-0.05, 0) is 0 Å². The number of nitriles is 2. The van der Waals surface area contributed by atoms with Gasteiger partial charge in [0.1, 0.15) is 4.83 Å². The number of nitrogens with zero attached hydrogens (tertiary/aromatic N) is 2. The molecule has 1 atom stereocenters. The van der Waals surface area contributed by atoms with Gasteiger partial charge in [-0.15, -0.1) is 0 Å². The average molecular weight is 159 g/mol. The number of rotatable bonds is 1. The van der Waals surface area contributed by atoms with Crippen molar-refractivity contribution in [3.63, 3.8) is 0 Å². The van der Waals surface area contributed by atoms with E-state index < -0.39 is 0 Å². The first-order valence-corrected chi connectivity index (χ1v) is 2.63. The summed E-state index contributed by atoms with van der Waals surface area (Å²) in [6.45, 7) is 0. The summed E-state index contributed by atoms with van der Waals surface area (Å²) in [5.41, 5.74) is 0. The molecule has 7 heavy (non-hydrogen) atoms. The Bertz CT molecular complexity index is 119. The van der Waals surface area contributed by atoms with Crippen LogP contribution < -0.4 is 0 Å². The molecule has 0 aromatic carbocycles. The van der Waals surface area contributed by atoms with E-state index >= 15 is 0 Å². The zero-order valence-electron chi connectivity index (χ0n) is 3.56. The van der Waals surface area contributed by atoms with Crippen LogP contribution in [0.15, 0.2) is 0 Å². The number of hydrogen-bond acceptors (Lipinski definition) is 2. The minimum atomic E-state index is -0.294. The van der Waals surface area contributed by atoms with Crippen molar-refractivity contribution < 1.29 is 0 Å². The minimum absolute atomic E-state index is 0.260. The summed E-state index contributed by atoms with van der Waals surface area (Å²) >= 11 is 2.95. The Hall–Kier alpha value is -0.540. The topological polar surface area (TPSA) is 47.6 Å². The second kappa shape index (κ2) is 3.64. The Kier molecular flexibility index (Phi) is 3.36. The van der Waals surface area contributed by atoms with Crippen LogP contribution in [0.5, 0.6) is 0 Å². The molecule has 0 heterocycles. The molecule has 0 saturated carbocycles. The lowest BCUT2D eigenvalue weighted by atomic mass is 10.4. The van der Waals surface area contributed by atoms with Gasteiger partial charge in [-0.25, -0.2) is 0 Å². The molecule has 1 unspecified atom stereocenters. The van der Waals surface area contributed by atoms with Gasteiger partial charge in [0.25, 0.3) is 0 Å². The smallest absolute Gasteiger partial charge is 0.114 e. The van der Waals surface area contributed by atoms with E-state index in [4.69, 9.17) is 10.5 Å². The second-order valence-corrected chi connectivity index (χ2v) is 2.06. The number of hydrogen-bond donors (Lipinski definition) is 0. The zero-order chi connectivity index (χ0) is 5.70. The normalized spacial score (nSPS) is 11.3. The van der Waals surface area contributed by atoms with Gasteiger partial charge in [-0.3, -0.25) is 0 Å². The van der Waals surface area contributed by atoms with E-state index in [0.717, 1.165) is 0 Å². The third-order valence-electron chi connectivity index (χ3n) is 0.411. The number of alkyl halides is 1. The molecule has 0 N–H and O–H groups in total. The highest BCUT2D eigenvalue weighted by Crippen LogP contribution is 1.99. The molecule has 0 amide bonds. The highest BCUT2D eigenvalue weighted by Gasteiger charge is 1.95. The summed E-state index contributed by atoms with van der Waals surface area (Å²) in [6, 6.07) is 3.71. The maximum atomic E-state index is 8.02. The van der Waals surface area contributed by atoms with Crippen LogP contribution >= 0.6 is 15.9 Å². The Morgan fingerprint density at radius 2 is 2.14 bits per heavy atom. The molecule has 0 saturated heterocycles. The van der Waals surface area contributed by atoms with Crippen molar-refractivity contribution in [3.05, 3.63) is 0 Å². The Morgan fingerprint density at radius 3 is 2.29 bits per heavy atom. The predicted octanol–water partition coefficient (Wildman–Crippen LogP) is 1.19. The molecule has 0 aliphatic rings. The highest BCUT2D eigenvalue weighted by molar-refractivity contribution is 9.09. The van der Waals surface area contributed by atoms with Crippen LogP contribution in [0.1, 0.15) is 6.42 Å². The summed E-state index contributed by atoms with van der Waals surface area (Å²) in [7, 11) is 0. The van der Waals surface area contributed by atoms with Gasteiger partial charge in [0, 0.05) is 0 Å². The first-order valence-electron chi connectivity index (χ1n) is 1.72. The van der Waals surface area contributed by atoms with Gasteiger partial charge in [0.15, 0.2) is 0 Å². The fraction of sp³-hybridized carbons (Fsp3) is 0.500. The maximum absolute atomic E-state index is 8.02. The van der Waals surface area contributed by atoms with Crippen LogP contribution in [-0.2, 0) is 0 Å². The molecule has 0 aliphatic heterocycles. The fourth-order valence-corrected chi connectivity index (χ4v) is 0.271. The first-order chi connectivity index (χ1) is 3.31. The summed E-state index contributed by atoms with van der Waals surface area (Å²) in [5, 5.41) is 16.0. The molecular formula is C4H3BrN2. The van der Waals surface area contributed by atoms with Gasteiger partial charge in [0.2, 0.25) is 0 Å². The molecule has 0 spiro atoms. The van der Waals surface area contributed by atoms with E-state index in [2.05, 4.69) is 15.9 Å². The quantitative estimate of drug-likeness (QED) is 0.539. The molecule has 0 fully saturated rings. The lowest BCUT2D eigenvalue weighted by Gasteiger charge is -1.82. The van der Waals surface area contributed by atoms with Gasteiger partial charge in [0.05, 0.1) is 18.6 Å². The summed E-state index contributed by atoms with van der Waals surface area (Å²) < 4.78 is 0. The minimum Gasteiger partial charge on any atom is -0.198 e. The van der Waals surface area contributed by atoms with Crippen molar-refractivity contribution >= 4 is 15.9 Å². The van der Waals surface area contributed by atoms with Crippen molar-refractivity contribution in [2.45, 2.75) is 11.2 Å². The average Bonchev–Trinajstić information content (AvgIpc) is 1.68. The Labute approximate surface area is 50.5 Å². The molecule has 0 aromatic heterocycles. The van der Waals surface area contributed by atoms with E-state index in [-0.39, 0.29) is 11.2 Å². The van der Waals surface area contributed by atoms with Crippen molar-refractivity contribution in [1.82, 2.24) is 0 Å². The molecule has 0 bridgehead atoms. The van der Waals surface area contributed by atoms with E-state index in [9.17, 15) is 0 Å². The van der Waals surface area contributed by atoms with Crippen LogP contribution in [-0.4, -0.2) is 4.83 Å². The van der Waals surface area contributed by atoms with Gasteiger partial charge in [-0.1, -0.05) is 15.9 Å². The number of halogens is 1. The molecule has 0 aromatic rings. The van der Waals surface area contributed by atoms with E-state index in [1.807, 2.05) is 12.1 Å². The van der Waals surface area contributed by atoms with Crippen LogP contribution in [0.3, 0.4) is 0 Å².